The zero-order valence-electron chi connectivity index (χ0n) is 28.7. The number of hydrogen-bond acceptors (Lipinski definition) is 3. The van der Waals surface area contributed by atoms with Gasteiger partial charge in [0.15, 0.2) is 0 Å². The van der Waals surface area contributed by atoms with Crippen LogP contribution in [0.15, 0.2) is 192 Å². The van der Waals surface area contributed by atoms with Crippen LogP contribution in [0.2, 0.25) is 0 Å². The van der Waals surface area contributed by atoms with Gasteiger partial charge in [-0.1, -0.05) is 127 Å². The van der Waals surface area contributed by atoms with Crippen LogP contribution in [0.5, 0.6) is 0 Å². The van der Waals surface area contributed by atoms with Crippen LogP contribution in [-0.2, 0) is 0 Å². The molecule has 53 heavy (non-hydrogen) atoms. The van der Waals surface area contributed by atoms with E-state index < -0.39 is 0 Å². The van der Waals surface area contributed by atoms with E-state index in [9.17, 15) is 0 Å². The maximum atomic E-state index is 6.17. The minimum Gasteiger partial charge on any atom is -0.456 e. The molecule has 0 aliphatic carbocycles. The van der Waals surface area contributed by atoms with E-state index in [1.54, 1.807) is 0 Å². The Labute approximate surface area is 310 Å². The topological polar surface area (TPSA) is 16.4 Å². The lowest BCUT2D eigenvalue weighted by molar-refractivity contribution is 0.669. The average molecular weight is 694 g/mol. The van der Waals surface area contributed by atoms with E-state index in [2.05, 4.69) is 181 Å². The van der Waals surface area contributed by atoms with Crippen LogP contribution in [0.4, 0.5) is 17.1 Å². The van der Waals surface area contributed by atoms with Crippen molar-refractivity contribution in [2.24, 2.45) is 0 Å². The second-order valence-corrected chi connectivity index (χ2v) is 14.8. The average Bonchev–Trinajstić information content (AvgIpc) is 3.80. The molecule has 2 nitrogen and oxygen atoms in total. The Morgan fingerprint density at radius 1 is 0.377 bits per heavy atom. The van der Waals surface area contributed by atoms with E-state index >= 15 is 0 Å². The van der Waals surface area contributed by atoms with Gasteiger partial charge in [-0.05, 0) is 104 Å². The van der Waals surface area contributed by atoms with Gasteiger partial charge in [0.2, 0.25) is 0 Å². The number of benzene rings is 9. The Morgan fingerprint density at radius 3 is 1.89 bits per heavy atom. The highest BCUT2D eigenvalue weighted by molar-refractivity contribution is 7.26. The van der Waals surface area contributed by atoms with Crippen molar-refractivity contribution in [1.29, 1.82) is 0 Å². The number of para-hydroxylation sites is 1. The summed E-state index contributed by atoms with van der Waals surface area (Å²) in [6, 6.07) is 68.1. The fraction of sp³-hybridized carbons (Fsp3) is 0. The van der Waals surface area contributed by atoms with Gasteiger partial charge in [-0.2, -0.15) is 0 Å². The molecule has 0 saturated carbocycles. The Balaban J connectivity index is 1.03. The summed E-state index contributed by atoms with van der Waals surface area (Å²) in [6.07, 6.45) is 0. The lowest BCUT2D eigenvalue weighted by atomic mass is 9.97. The number of thiophene rings is 1. The Hall–Kier alpha value is -6.68. The SMILES string of the molecule is c1ccc2c(-c3ccc(N(c4ccc(-c5ccc6c(ccc7oc8ccccc8c76)c5)cc4)c4cccc5sc6ccccc6c45)cc3)cccc2c1. The number of nitrogens with zero attached hydrogens (tertiary/aromatic N) is 1. The molecular formula is C50H31NOS. The molecule has 0 spiro atoms. The van der Waals surface area contributed by atoms with Crippen molar-refractivity contribution < 1.29 is 4.42 Å². The lowest BCUT2D eigenvalue weighted by Crippen LogP contribution is -2.10. The zero-order chi connectivity index (χ0) is 34.9. The number of rotatable bonds is 5. The first-order chi connectivity index (χ1) is 26.3. The highest BCUT2D eigenvalue weighted by Gasteiger charge is 2.19. The van der Waals surface area contributed by atoms with Crippen LogP contribution in [0.25, 0.3) is 85.9 Å². The van der Waals surface area contributed by atoms with Crippen molar-refractivity contribution in [1.82, 2.24) is 0 Å². The summed E-state index contributed by atoms with van der Waals surface area (Å²) in [4.78, 5) is 2.42. The number of anilines is 3. The van der Waals surface area contributed by atoms with Crippen LogP contribution < -0.4 is 4.90 Å². The van der Waals surface area contributed by atoms with Crippen LogP contribution >= 0.6 is 11.3 Å². The van der Waals surface area contributed by atoms with Gasteiger partial charge in [-0.15, -0.1) is 11.3 Å². The molecule has 0 saturated heterocycles. The molecule has 248 valence electrons. The van der Waals surface area contributed by atoms with Gasteiger partial charge in [0.1, 0.15) is 11.2 Å². The molecular weight excluding hydrogens is 663 g/mol. The van der Waals surface area contributed by atoms with Gasteiger partial charge in [0, 0.05) is 42.3 Å². The third kappa shape index (κ3) is 4.86. The van der Waals surface area contributed by atoms with Gasteiger partial charge in [0.05, 0.1) is 5.69 Å². The molecule has 2 aromatic heterocycles. The highest BCUT2D eigenvalue weighted by atomic mass is 32.1. The fourth-order valence-electron chi connectivity index (χ4n) is 8.17. The smallest absolute Gasteiger partial charge is 0.136 e. The Bertz CT molecular complexity index is 3160. The zero-order valence-corrected chi connectivity index (χ0v) is 29.5. The van der Waals surface area contributed by atoms with Crippen molar-refractivity contribution in [3.63, 3.8) is 0 Å². The number of fused-ring (bicyclic) bond motifs is 9. The summed E-state index contributed by atoms with van der Waals surface area (Å²) < 4.78 is 8.76. The Morgan fingerprint density at radius 2 is 1.04 bits per heavy atom. The second kappa shape index (κ2) is 11.9. The van der Waals surface area contributed by atoms with Crippen LogP contribution in [0, 0.1) is 0 Å². The number of hydrogen-bond donors (Lipinski definition) is 0. The molecule has 0 atom stereocenters. The van der Waals surface area contributed by atoms with E-state index in [1.165, 1.54) is 75.0 Å². The molecule has 2 heterocycles. The van der Waals surface area contributed by atoms with Crippen molar-refractivity contribution in [3.8, 4) is 22.3 Å². The maximum absolute atomic E-state index is 6.17. The molecule has 3 heteroatoms. The summed E-state index contributed by atoms with van der Waals surface area (Å²) in [5, 5.41) is 9.83. The minimum absolute atomic E-state index is 0.925. The van der Waals surface area contributed by atoms with Gasteiger partial charge >= 0.3 is 0 Å². The van der Waals surface area contributed by atoms with Crippen molar-refractivity contribution in [3.05, 3.63) is 188 Å². The molecule has 0 aliphatic heterocycles. The molecule has 0 radical (unpaired) electrons. The third-order valence-electron chi connectivity index (χ3n) is 10.7. The molecule has 0 bridgehead atoms. The molecule has 0 N–H and O–H groups in total. The van der Waals surface area contributed by atoms with Crippen molar-refractivity contribution >= 4 is 92.1 Å². The molecule has 9 aromatic carbocycles. The molecule has 0 fully saturated rings. The first kappa shape index (κ1) is 30.0. The van der Waals surface area contributed by atoms with E-state index in [4.69, 9.17) is 4.42 Å². The fourth-order valence-corrected chi connectivity index (χ4v) is 9.30. The van der Waals surface area contributed by atoms with Crippen molar-refractivity contribution in [2.45, 2.75) is 0 Å². The molecule has 11 rings (SSSR count). The predicted molar refractivity (Wildman–Crippen MR) is 227 cm³/mol. The van der Waals surface area contributed by atoms with E-state index in [0.29, 0.717) is 0 Å². The summed E-state index contributed by atoms with van der Waals surface area (Å²) in [5.41, 5.74) is 10.1. The predicted octanol–water partition coefficient (Wildman–Crippen LogP) is 15.1. The Kier molecular flexibility index (Phi) is 6.76. The quantitative estimate of drug-likeness (QED) is 0.178. The largest absolute Gasteiger partial charge is 0.456 e. The normalized spacial score (nSPS) is 11.8. The summed E-state index contributed by atoms with van der Waals surface area (Å²) >= 11 is 1.85. The first-order valence-electron chi connectivity index (χ1n) is 18.0. The number of furan rings is 1. The standard InChI is InChI=1S/C50H31NOS/c1-2-11-39-33(9-1)10-7-14-40(39)34-21-27-38(28-22-34)51(44-15-8-18-48-50(44)43-13-4-6-17-47(43)53-48)37-25-19-32(20-26-37)35-23-29-41-36(31-35)24-30-46-49(41)42-12-3-5-16-45(42)52-46/h1-31H. The van der Waals surface area contributed by atoms with Gasteiger partial charge < -0.3 is 9.32 Å². The van der Waals surface area contributed by atoms with E-state index in [-0.39, 0.29) is 0 Å². The van der Waals surface area contributed by atoms with Crippen molar-refractivity contribution in [2.75, 3.05) is 4.90 Å². The van der Waals surface area contributed by atoms with Crippen LogP contribution in [0.1, 0.15) is 0 Å². The van der Waals surface area contributed by atoms with Crippen LogP contribution in [0.3, 0.4) is 0 Å². The minimum atomic E-state index is 0.925. The van der Waals surface area contributed by atoms with E-state index in [0.717, 1.165) is 27.9 Å². The maximum Gasteiger partial charge on any atom is 0.136 e. The molecule has 0 aliphatic rings. The third-order valence-corrected chi connectivity index (χ3v) is 11.8. The van der Waals surface area contributed by atoms with Gasteiger partial charge in [0.25, 0.3) is 0 Å². The van der Waals surface area contributed by atoms with Crippen LogP contribution in [-0.4, -0.2) is 0 Å². The monoisotopic (exact) mass is 693 g/mol. The first-order valence-corrected chi connectivity index (χ1v) is 18.8. The molecule has 0 unspecified atom stereocenters. The molecule has 11 aromatic rings. The van der Waals surface area contributed by atoms with Gasteiger partial charge in [-0.3, -0.25) is 0 Å². The second-order valence-electron chi connectivity index (χ2n) is 13.7. The highest BCUT2D eigenvalue weighted by Crippen LogP contribution is 2.45. The summed E-state index contributed by atoms with van der Waals surface area (Å²) in [6.45, 7) is 0. The lowest BCUT2D eigenvalue weighted by Gasteiger charge is -2.27. The summed E-state index contributed by atoms with van der Waals surface area (Å²) in [5.74, 6) is 0. The molecule has 0 amide bonds. The summed E-state index contributed by atoms with van der Waals surface area (Å²) in [7, 11) is 0. The van der Waals surface area contributed by atoms with Gasteiger partial charge in [-0.25, -0.2) is 0 Å². The van der Waals surface area contributed by atoms with E-state index in [1.807, 2.05) is 23.5 Å².